The van der Waals surface area contributed by atoms with Gasteiger partial charge >= 0.3 is 18.0 Å². The molecule has 2 amide bonds. The normalized spacial score (nSPS) is 13.0. The Morgan fingerprint density at radius 2 is 1.81 bits per heavy atom. The van der Waals surface area contributed by atoms with Crippen molar-refractivity contribution in [2.24, 2.45) is 0 Å². The summed E-state index contributed by atoms with van der Waals surface area (Å²) in [7, 11) is 0. The molecule has 4 N–H and O–H groups in total. The summed E-state index contributed by atoms with van der Waals surface area (Å²) in [4.78, 5) is 33.1. The molecule has 1 unspecified atom stereocenters. The summed E-state index contributed by atoms with van der Waals surface area (Å²) in [5.41, 5.74) is 0.666. The minimum Gasteiger partial charge on any atom is -0.481 e. The van der Waals surface area contributed by atoms with Crippen molar-refractivity contribution in [2.45, 2.75) is 25.4 Å². The zero-order valence-corrected chi connectivity index (χ0v) is 11.9. The Kier molecular flexibility index (Phi) is 5.98. The van der Waals surface area contributed by atoms with E-state index in [1.54, 1.807) is 31.2 Å². The van der Waals surface area contributed by atoms with Crippen LogP contribution in [0.3, 0.4) is 0 Å². The van der Waals surface area contributed by atoms with Crippen molar-refractivity contribution in [2.75, 3.05) is 0 Å². The lowest BCUT2D eigenvalue weighted by molar-refractivity contribution is -0.145. The highest BCUT2D eigenvalue weighted by Gasteiger charge is 2.23. The molecular formula is C13H15ClN2O5. The molecule has 21 heavy (non-hydrogen) atoms. The smallest absolute Gasteiger partial charge is 0.326 e. The van der Waals surface area contributed by atoms with Gasteiger partial charge in [-0.3, -0.25) is 4.79 Å². The maximum atomic E-state index is 11.7. The number of nitrogens with one attached hydrogen (secondary N) is 2. The number of carbonyl (C=O) groups is 3. The van der Waals surface area contributed by atoms with E-state index in [4.69, 9.17) is 21.8 Å². The van der Waals surface area contributed by atoms with Gasteiger partial charge in [0.1, 0.15) is 6.04 Å². The SMILES string of the molecule is CC(NC(=O)N[C@H](CC(=O)O)C(=O)O)c1ccccc1Cl. The van der Waals surface area contributed by atoms with E-state index in [1.165, 1.54) is 0 Å². The standard InChI is InChI=1S/C13H15ClN2O5/c1-7(8-4-2-3-5-9(8)14)15-13(21)16-10(12(19)20)6-11(17)18/h2-5,7,10H,6H2,1H3,(H,17,18)(H,19,20)(H2,15,16,21)/t7?,10-/m1/s1. The number of benzene rings is 1. The number of carboxylic acid groups (broad SMARTS) is 2. The summed E-state index contributed by atoms with van der Waals surface area (Å²) >= 11 is 5.98. The van der Waals surface area contributed by atoms with Crippen molar-refractivity contribution in [3.8, 4) is 0 Å². The number of carbonyl (C=O) groups excluding carboxylic acids is 1. The van der Waals surface area contributed by atoms with Crippen LogP contribution in [0.25, 0.3) is 0 Å². The van der Waals surface area contributed by atoms with Crippen LogP contribution in [0.4, 0.5) is 4.79 Å². The number of carboxylic acids is 2. The predicted octanol–water partition coefficient (Wildman–Crippen LogP) is 1.63. The fourth-order valence-electron chi connectivity index (χ4n) is 1.68. The lowest BCUT2D eigenvalue weighted by atomic mass is 10.1. The number of hydrogen-bond donors (Lipinski definition) is 4. The van der Waals surface area contributed by atoms with Crippen LogP contribution >= 0.6 is 11.6 Å². The second kappa shape index (κ2) is 7.49. The Balaban J connectivity index is 2.66. The van der Waals surface area contributed by atoms with Gasteiger partial charge in [0.25, 0.3) is 0 Å². The maximum Gasteiger partial charge on any atom is 0.326 e. The van der Waals surface area contributed by atoms with E-state index in [1.807, 2.05) is 0 Å². The fourth-order valence-corrected chi connectivity index (χ4v) is 1.97. The third-order valence-corrected chi connectivity index (χ3v) is 3.05. The topological polar surface area (TPSA) is 116 Å². The van der Waals surface area contributed by atoms with Gasteiger partial charge in [0.2, 0.25) is 0 Å². The monoisotopic (exact) mass is 314 g/mol. The van der Waals surface area contributed by atoms with Gasteiger partial charge in [0.05, 0.1) is 12.5 Å². The molecule has 0 saturated carbocycles. The molecule has 0 aliphatic heterocycles. The van der Waals surface area contributed by atoms with Crippen LogP contribution in [0.5, 0.6) is 0 Å². The third-order valence-electron chi connectivity index (χ3n) is 2.70. The third kappa shape index (κ3) is 5.31. The molecule has 1 rings (SSSR count). The molecule has 0 aliphatic rings. The maximum absolute atomic E-state index is 11.7. The molecule has 1 aromatic carbocycles. The number of urea groups is 1. The number of rotatable bonds is 6. The van der Waals surface area contributed by atoms with Gasteiger partial charge in [0.15, 0.2) is 0 Å². The van der Waals surface area contributed by atoms with Crippen molar-refractivity contribution in [1.82, 2.24) is 10.6 Å². The molecular weight excluding hydrogens is 300 g/mol. The van der Waals surface area contributed by atoms with Gasteiger partial charge in [-0.1, -0.05) is 29.8 Å². The highest BCUT2D eigenvalue weighted by atomic mass is 35.5. The van der Waals surface area contributed by atoms with Crippen molar-refractivity contribution in [1.29, 1.82) is 0 Å². The Labute approximate surface area is 125 Å². The van der Waals surface area contributed by atoms with Crippen LogP contribution in [0, 0.1) is 0 Å². The Morgan fingerprint density at radius 1 is 1.19 bits per heavy atom. The van der Waals surface area contributed by atoms with Gasteiger partial charge in [-0.2, -0.15) is 0 Å². The largest absolute Gasteiger partial charge is 0.481 e. The van der Waals surface area contributed by atoms with Crippen LogP contribution in [0.15, 0.2) is 24.3 Å². The molecule has 0 spiro atoms. The first-order valence-electron chi connectivity index (χ1n) is 6.07. The van der Waals surface area contributed by atoms with Crippen molar-refractivity contribution in [3.05, 3.63) is 34.9 Å². The Bertz CT molecular complexity index is 549. The minimum atomic E-state index is -1.50. The Hall–Kier alpha value is -2.28. The predicted molar refractivity (Wildman–Crippen MR) is 75.2 cm³/mol. The molecule has 0 aromatic heterocycles. The second-order valence-electron chi connectivity index (χ2n) is 4.35. The van der Waals surface area contributed by atoms with Gasteiger partial charge in [-0.15, -0.1) is 0 Å². The molecule has 0 fully saturated rings. The molecule has 0 saturated heterocycles. The highest BCUT2D eigenvalue weighted by Crippen LogP contribution is 2.21. The first kappa shape index (κ1) is 16.8. The highest BCUT2D eigenvalue weighted by molar-refractivity contribution is 6.31. The number of halogens is 1. The zero-order chi connectivity index (χ0) is 16.0. The molecule has 7 nitrogen and oxygen atoms in total. The first-order valence-corrected chi connectivity index (χ1v) is 6.45. The molecule has 1 aromatic rings. The summed E-state index contributed by atoms with van der Waals surface area (Å²) < 4.78 is 0. The Morgan fingerprint density at radius 3 is 2.33 bits per heavy atom. The summed E-state index contributed by atoms with van der Waals surface area (Å²) in [6.07, 6.45) is -0.705. The molecule has 8 heteroatoms. The van der Waals surface area contributed by atoms with Crippen LogP contribution in [-0.4, -0.2) is 34.2 Å². The van der Waals surface area contributed by atoms with Crippen LogP contribution in [0.1, 0.15) is 24.9 Å². The average Bonchev–Trinajstić information content (AvgIpc) is 2.37. The summed E-state index contributed by atoms with van der Waals surface area (Å²) in [6.45, 7) is 1.67. The zero-order valence-electron chi connectivity index (χ0n) is 11.2. The van der Waals surface area contributed by atoms with Gasteiger partial charge < -0.3 is 20.8 Å². The number of hydrogen-bond acceptors (Lipinski definition) is 3. The van der Waals surface area contributed by atoms with Gasteiger partial charge in [-0.05, 0) is 18.6 Å². The average molecular weight is 315 g/mol. The van der Waals surface area contributed by atoms with E-state index < -0.39 is 36.5 Å². The lowest BCUT2D eigenvalue weighted by Crippen LogP contribution is -2.47. The number of amides is 2. The quantitative estimate of drug-likeness (QED) is 0.637. The van der Waals surface area contributed by atoms with Crippen molar-refractivity contribution in [3.63, 3.8) is 0 Å². The summed E-state index contributed by atoms with van der Waals surface area (Å²) in [5.74, 6) is -2.74. The number of aliphatic carboxylic acids is 2. The fraction of sp³-hybridized carbons (Fsp3) is 0.308. The molecule has 0 aliphatic carbocycles. The van der Waals surface area contributed by atoms with E-state index in [2.05, 4.69) is 10.6 Å². The van der Waals surface area contributed by atoms with Crippen LogP contribution < -0.4 is 10.6 Å². The van der Waals surface area contributed by atoms with Crippen LogP contribution in [0.2, 0.25) is 5.02 Å². The van der Waals surface area contributed by atoms with Gasteiger partial charge in [-0.25, -0.2) is 9.59 Å². The molecule has 114 valence electrons. The summed E-state index contributed by atoms with van der Waals surface area (Å²) in [6, 6.07) is 4.14. The van der Waals surface area contributed by atoms with Crippen LogP contribution in [-0.2, 0) is 9.59 Å². The van der Waals surface area contributed by atoms with E-state index >= 15 is 0 Å². The molecule has 0 heterocycles. The second-order valence-corrected chi connectivity index (χ2v) is 4.76. The lowest BCUT2D eigenvalue weighted by Gasteiger charge is -2.18. The summed E-state index contributed by atoms with van der Waals surface area (Å²) in [5, 5.41) is 22.5. The molecule has 0 bridgehead atoms. The van der Waals surface area contributed by atoms with E-state index in [-0.39, 0.29) is 0 Å². The minimum absolute atomic E-state index is 0.460. The molecule has 2 atom stereocenters. The van der Waals surface area contributed by atoms with E-state index in [0.717, 1.165) is 0 Å². The van der Waals surface area contributed by atoms with E-state index in [0.29, 0.717) is 10.6 Å². The van der Waals surface area contributed by atoms with Crippen molar-refractivity contribution < 1.29 is 24.6 Å². The van der Waals surface area contributed by atoms with Crippen molar-refractivity contribution >= 4 is 29.6 Å². The van der Waals surface area contributed by atoms with E-state index in [9.17, 15) is 14.4 Å². The first-order chi connectivity index (χ1) is 9.81. The molecule has 0 radical (unpaired) electrons. The van der Waals surface area contributed by atoms with Gasteiger partial charge in [0, 0.05) is 5.02 Å².